The van der Waals surface area contributed by atoms with Crippen molar-refractivity contribution in [1.82, 2.24) is 0 Å². The molecule has 0 heterocycles. The van der Waals surface area contributed by atoms with E-state index >= 15 is 0 Å². The van der Waals surface area contributed by atoms with Crippen LogP contribution in [-0.2, 0) is 22.7 Å². The SMILES string of the molecule is COc1ccc(COC(=O)/C=C/c2ccc(OCc3ccc(OC)cc3)cc2)cc1. The maximum absolute atomic E-state index is 11.9. The first kappa shape index (κ1) is 21.0. The second-order valence-electron chi connectivity index (χ2n) is 6.49. The number of ether oxygens (including phenoxy) is 4. The molecule has 0 bridgehead atoms. The molecule has 3 rings (SSSR count). The first-order valence-corrected chi connectivity index (χ1v) is 9.50. The summed E-state index contributed by atoms with van der Waals surface area (Å²) in [5.41, 5.74) is 2.84. The highest BCUT2D eigenvalue weighted by Gasteiger charge is 2.01. The van der Waals surface area contributed by atoms with Crippen molar-refractivity contribution in [2.75, 3.05) is 14.2 Å². The van der Waals surface area contributed by atoms with Gasteiger partial charge in [0.25, 0.3) is 0 Å². The zero-order valence-corrected chi connectivity index (χ0v) is 17.0. The van der Waals surface area contributed by atoms with Gasteiger partial charge in [-0.05, 0) is 59.2 Å². The molecule has 0 saturated heterocycles. The third kappa shape index (κ3) is 6.41. The standard InChI is InChI=1S/C25H24O5/c1-27-22-10-5-20(6-11-22)17-29-24-14-3-19(4-15-24)9-16-25(26)30-18-21-7-12-23(28-2)13-8-21/h3-16H,17-18H2,1-2H3/b16-9+. The summed E-state index contributed by atoms with van der Waals surface area (Å²) in [5, 5.41) is 0. The molecule has 0 spiro atoms. The highest BCUT2D eigenvalue weighted by atomic mass is 16.5. The number of benzene rings is 3. The molecule has 0 atom stereocenters. The molecule has 30 heavy (non-hydrogen) atoms. The Labute approximate surface area is 176 Å². The lowest BCUT2D eigenvalue weighted by molar-refractivity contribution is -0.138. The highest BCUT2D eigenvalue weighted by Crippen LogP contribution is 2.17. The molecule has 0 unspecified atom stereocenters. The first-order valence-electron chi connectivity index (χ1n) is 9.50. The van der Waals surface area contributed by atoms with Gasteiger partial charge in [-0.25, -0.2) is 4.79 Å². The van der Waals surface area contributed by atoms with E-state index in [1.165, 1.54) is 6.08 Å². The quantitative estimate of drug-likeness (QED) is 0.369. The van der Waals surface area contributed by atoms with Crippen molar-refractivity contribution in [2.45, 2.75) is 13.2 Å². The molecule has 0 saturated carbocycles. The third-order valence-corrected chi connectivity index (χ3v) is 4.40. The van der Waals surface area contributed by atoms with Gasteiger partial charge in [0.05, 0.1) is 14.2 Å². The zero-order chi connectivity index (χ0) is 21.2. The van der Waals surface area contributed by atoms with Crippen molar-refractivity contribution in [1.29, 1.82) is 0 Å². The Morgan fingerprint density at radius 3 is 1.73 bits per heavy atom. The summed E-state index contributed by atoms with van der Waals surface area (Å²) in [5.74, 6) is 1.94. The van der Waals surface area contributed by atoms with Crippen LogP contribution in [0.5, 0.6) is 17.2 Å². The smallest absolute Gasteiger partial charge is 0.331 e. The molecular formula is C25H24O5. The van der Waals surface area contributed by atoms with Gasteiger partial charge in [-0.15, -0.1) is 0 Å². The van der Waals surface area contributed by atoms with E-state index in [9.17, 15) is 4.79 Å². The summed E-state index contributed by atoms with van der Waals surface area (Å²) in [7, 11) is 3.25. The van der Waals surface area contributed by atoms with Gasteiger partial charge >= 0.3 is 5.97 Å². The second-order valence-corrected chi connectivity index (χ2v) is 6.49. The topological polar surface area (TPSA) is 54.0 Å². The molecule has 0 amide bonds. The number of carbonyl (C=O) groups excluding carboxylic acids is 1. The molecule has 0 aliphatic heterocycles. The van der Waals surface area contributed by atoms with Gasteiger partial charge in [-0.1, -0.05) is 36.4 Å². The van der Waals surface area contributed by atoms with Crippen LogP contribution in [0.2, 0.25) is 0 Å². The van der Waals surface area contributed by atoms with Crippen LogP contribution in [0.25, 0.3) is 6.08 Å². The average Bonchev–Trinajstić information content (AvgIpc) is 2.81. The first-order chi connectivity index (χ1) is 14.7. The molecule has 0 fully saturated rings. The van der Waals surface area contributed by atoms with Crippen molar-refractivity contribution in [2.24, 2.45) is 0 Å². The van der Waals surface area contributed by atoms with Gasteiger partial charge in [-0.2, -0.15) is 0 Å². The van der Waals surface area contributed by atoms with Crippen LogP contribution in [0, 0.1) is 0 Å². The van der Waals surface area contributed by atoms with E-state index in [1.54, 1.807) is 20.3 Å². The number of rotatable bonds is 9. The van der Waals surface area contributed by atoms with Crippen molar-refractivity contribution in [3.8, 4) is 17.2 Å². The number of methoxy groups -OCH3 is 2. The van der Waals surface area contributed by atoms with Gasteiger partial charge in [0.15, 0.2) is 0 Å². The Bertz CT molecular complexity index is 958. The molecule has 0 aliphatic rings. The summed E-state index contributed by atoms with van der Waals surface area (Å²) in [4.78, 5) is 11.9. The summed E-state index contributed by atoms with van der Waals surface area (Å²) >= 11 is 0. The van der Waals surface area contributed by atoms with E-state index in [0.29, 0.717) is 6.61 Å². The minimum absolute atomic E-state index is 0.214. The Kier molecular flexibility index (Phi) is 7.50. The lowest BCUT2D eigenvalue weighted by Crippen LogP contribution is -2.00. The second kappa shape index (κ2) is 10.7. The Morgan fingerprint density at radius 2 is 1.20 bits per heavy atom. The molecule has 3 aromatic carbocycles. The molecule has 154 valence electrons. The Hall–Kier alpha value is -3.73. The Balaban J connectivity index is 1.45. The van der Waals surface area contributed by atoms with E-state index in [-0.39, 0.29) is 6.61 Å². The summed E-state index contributed by atoms with van der Waals surface area (Å²) in [6.07, 6.45) is 3.13. The van der Waals surface area contributed by atoms with Crippen LogP contribution in [0.3, 0.4) is 0 Å². The van der Waals surface area contributed by atoms with Crippen LogP contribution in [-0.4, -0.2) is 20.2 Å². The number of carbonyl (C=O) groups is 1. The minimum Gasteiger partial charge on any atom is -0.497 e. The lowest BCUT2D eigenvalue weighted by atomic mass is 10.2. The average molecular weight is 404 g/mol. The van der Waals surface area contributed by atoms with E-state index in [4.69, 9.17) is 18.9 Å². The maximum atomic E-state index is 11.9. The zero-order valence-electron chi connectivity index (χ0n) is 17.0. The van der Waals surface area contributed by atoms with Gasteiger partial charge in [0, 0.05) is 6.08 Å². The van der Waals surface area contributed by atoms with Crippen LogP contribution in [0.15, 0.2) is 78.9 Å². The fourth-order valence-electron chi connectivity index (χ4n) is 2.65. The highest BCUT2D eigenvalue weighted by molar-refractivity contribution is 5.87. The molecule has 0 radical (unpaired) electrons. The molecule has 0 N–H and O–H groups in total. The van der Waals surface area contributed by atoms with Crippen molar-refractivity contribution in [3.05, 3.63) is 95.6 Å². The summed E-state index contributed by atoms with van der Waals surface area (Å²) in [6, 6.07) is 22.6. The number of esters is 1. The number of hydrogen-bond donors (Lipinski definition) is 0. The minimum atomic E-state index is -0.398. The van der Waals surface area contributed by atoms with Crippen LogP contribution < -0.4 is 14.2 Å². The predicted molar refractivity (Wildman–Crippen MR) is 116 cm³/mol. The van der Waals surface area contributed by atoms with Crippen molar-refractivity contribution >= 4 is 12.0 Å². The van der Waals surface area contributed by atoms with Crippen LogP contribution in [0.1, 0.15) is 16.7 Å². The van der Waals surface area contributed by atoms with E-state index in [2.05, 4.69) is 0 Å². The number of hydrogen-bond acceptors (Lipinski definition) is 5. The molecule has 3 aromatic rings. The normalized spacial score (nSPS) is 10.6. The van der Waals surface area contributed by atoms with E-state index in [0.717, 1.165) is 33.9 Å². The summed E-state index contributed by atoms with van der Waals surface area (Å²) in [6.45, 7) is 0.683. The van der Waals surface area contributed by atoms with Gasteiger partial charge in [-0.3, -0.25) is 0 Å². The molecular weight excluding hydrogens is 380 g/mol. The van der Waals surface area contributed by atoms with Crippen LogP contribution in [0.4, 0.5) is 0 Å². The molecule has 0 aliphatic carbocycles. The van der Waals surface area contributed by atoms with Crippen molar-refractivity contribution in [3.63, 3.8) is 0 Å². The predicted octanol–water partition coefficient (Wildman–Crippen LogP) is 5.04. The van der Waals surface area contributed by atoms with Gasteiger partial charge in [0.2, 0.25) is 0 Å². The van der Waals surface area contributed by atoms with E-state index < -0.39 is 5.97 Å². The third-order valence-electron chi connectivity index (χ3n) is 4.40. The molecule has 5 nitrogen and oxygen atoms in total. The van der Waals surface area contributed by atoms with Gasteiger partial charge in [0.1, 0.15) is 30.5 Å². The molecule has 0 aromatic heterocycles. The maximum Gasteiger partial charge on any atom is 0.331 e. The monoisotopic (exact) mass is 404 g/mol. The van der Waals surface area contributed by atoms with Crippen molar-refractivity contribution < 1.29 is 23.7 Å². The fraction of sp³-hybridized carbons (Fsp3) is 0.160. The summed E-state index contributed by atoms with van der Waals surface area (Å²) < 4.78 is 21.3. The lowest BCUT2D eigenvalue weighted by Gasteiger charge is -2.07. The Morgan fingerprint density at radius 1 is 0.700 bits per heavy atom. The fourth-order valence-corrected chi connectivity index (χ4v) is 2.65. The van der Waals surface area contributed by atoms with Crippen LogP contribution >= 0.6 is 0 Å². The van der Waals surface area contributed by atoms with E-state index in [1.807, 2.05) is 72.8 Å². The largest absolute Gasteiger partial charge is 0.497 e. The van der Waals surface area contributed by atoms with Gasteiger partial charge < -0.3 is 18.9 Å². The molecule has 5 heteroatoms.